The molecule has 1 rings (SSSR count). The van der Waals surface area contributed by atoms with Crippen molar-refractivity contribution in [2.75, 3.05) is 0 Å². The molecule has 0 saturated heterocycles. The van der Waals surface area contributed by atoms with Gasteiger partial charge in [-0.2, -0.15) is 0 Å². The molecule has 1 aromatic carbocycles. The molecule has 1 N–H and O–H groups in total. The van der Waals surface area contributed by atoms with Crippen LogP contribution in [0, 0.1) is 0 Å². The molecule has 0 unspecified atom stereocenters. The maximum absolute atomic E-state index is 11.4. The molecular weight excluding hydrogens is 250 g/mol. The van der Waals surface area contributed by atoms with Gasteiger partial charge < -0.3 is 20.0 Å². The van der Waals surface area contributed by atoms with E-state index < -0.39 is 18.0 Å². The summed E-state index contributed by atoms with van der Waals surface area (Å²) in [7, 11) is 0. The highest BCUT2D eigenvalue weighted by Crippen LogP contribution is 2.04. The van der Waals surface area contributed by atoms with Crippen molar-refractivity contribution >= 4 is 18.3 Å². The summed E-state index contributed by atoms with van der Waals surface area (Å²) in [5.41, 5.74) is 0.846. The Balaban J connectivity index is 2.31. The molecule has 19 heavy (non-hydrogen) atoms. The molecule has 0 saturated carbocycles. The summed E-state index contributed by atoms with van der Waals surface area (Å²) in [5, 5.41) is 12.7. The topological polar surface area (TPSA) is 95.5 Å². The van der Waals surface area contributed by atoms with Gasteiger partial charge in [0.05, 0.1) is 12.0 Å². The Morgan fingerprint density at radius 1 is 1.32 bits per heavy atom. The molecule has 102 valence electrons. The first-order chi connectivity index (χ1) is 9.13. The van der Waals surface area contributed by atoms with Gasteiger partial charge in [0.15, 0.2) is 0 Å². The van der Waals surface area contributed by atoms with Crippen LogP contribution in [0.15, 0.2) is 30.3 Å². The third kappa shape index (κ3) is 5.67. The Morgan fingerprint density at radius 3 is 2.58 bits per heavy atom. The Bertz CT molecular complexity index is 432. The number of carbonyl (C=O) groups is 3. The predicted molar refractivity (Wildman–Crippen MR) is 63.5 cm³/mol. The van der Waals surface area contributed by atoms with E-state index in [2.05, 4.69) is 5.32 Å². The second kappa shape index (κ2) is 7.86. The first-order valence-electron chi connectivity index (χ1n) is 5.73. The lowest BCUT2D eigenvalue weighted by Crippen LogP contribution is -2.45. The van der Waals surface area contributed by atoms with Gasteiger partial charge in [0, 0.05) is 6.42 Å². The quantitative estimate of drug-likeness (QED) is 0.498. The van der Waals surface area contributed by atoms with Crippen LogP contribution in [0.1, 0.15) is 18.4 Å². The molecule has 0 heterocycles. The summed E-state index contributed by atoms with van der Waals surface area (Å²) in [5.74, 6) is -1.95. The van der Waals surface area contributed by atoms with Crippen LogP contribution in [0.4, 0.5) is 0 Å². The molecule has 1 atom stereocenters. The van der Waals surface area contributed by atoms with Gasteiger partial charge in [-0.1, -0.05) is 30.3 Å². The molecule has 0 aromatic heterocycles. The molecule has 6 nitrogen and oxygen atoms in total. The van der Waals surface area contributed by atoms with E-state index in [1.807, 2.05) is 30.3 Å². The number of ether oxygens (including phenoxy) is 1. The van der Waals surface area contributed by atoms with Crippen molar-refractivity contribution in [2.45, 2.75) is 25.5 Å². The zero-order valence-electron chi connectivity index (χ0n) is 10.2. The van der Waals surface area contributed by atoms with E-state index in [-0.39, 0.29) is 25.9 Å². The molecule has 1 aromatic rings. The van der Waals surface area contributed by atoms with E-state index >= 15 is 0 Å². The fraction of sp³-hybridized carbons (Fsp3) is 0.308. The first-order valence-corrected chi connectivity index (χ1v) is 5.73. The van der Waals surface area contributed by atoms with Crippen LogP contribution in [0.5, 0.6) is 0 Å². The van der Waals surface area contributed by atoms with Crippen molar-refractivity contribution in [3.8, 4) is 0 Å². The van der Waals surface area contributed by atoms with E-state index in [1.54, 1.807) is 0 Å². The van der Waals surface area contributed by atoms with Gasteiger partial charge in [-0.25, -0.2) is 0 Å². The third-order valence-corrected chi connectivity index (χ3v) is 2.43. The van der Waals surface area contributed by atoms with E-state index in [9.17, 15) is 19.5 Å². The molecule has 0 fully saturated rings. The lowest BCUT2D eigenvalue weighted by molar-refractivity contribution is -0.308. The van der Waals surface area contributed by atoms with Crippen LogP contribution in [-0.2, 0) is 25.7 Å². The largest absolute Gasteiger partial charge is 0.548 e. The van der Waals surface area contributed by atoms with E-state index in [1.165, 1.54) is 0 Å². The highest BCUT2D eigenvalue weighted by atomic mass is 16.5. The van der Waals surface area contributed by atoms with E-state index in [0.29, 0.717) is 0 Å². The maximum atomic E-state index is 11.4. The lowest BCUT2D eigenvalue weighted by Gasteiger charge is -2.16. The van der Waals surface area contributed by atoms with Crippen molar-refractivity contribution < 1.29 is 24.2 Å². The second-order valence-corrected chi connectivity index (χ2v) is 3.84. The van der Waals surface area contributed by atoms with E-state index in [0.717, 1.165) is 5.56 Å². The lowest BCUT2D eigenvalue weighted by atomic mass is 10.1. The van der Waals surface area contributed by atoms with Gasteiger partial charge in [0.2, 0.25) is 6.41 Å². The summed E-state index contributed by atoms with van der Waals surface area (Å²) in [6.07, 6.45) is 0.0940. The highest BCUT2D eigenvalue weighted by molar-refractivity contribution is 5.76. The molecule has 0 aliphatic rings. The van der Waals surface area contributed by atoms with Crippen molar-refractivity contribution in [1.29, 1.82) is 0 Å². The molecule has 0 aliphatic carbocycles. The predicted octanol–water partition coefficient (Wildman–Crippen LogP) is -0.626. The number of carboxylic acids is 1. The number of hydrogen-bond acceptors (Lipinski definition) is 5. The van der Waals surface area contributed by atoms with Gasteiger partial charge in [0.1, 0.15) is 6.61 Å². The summed E-state index contributed by atoms with van der Waals surface area (Å²) in [6, 6.07) is 7.94. The third-order valence-electron chi connectivity index (χ3n) is 2.43. The second-order valence-electron chi connectivity index (χ2n) is 3.84. The molecule has 1 amide bonds. The van der Waals surface area contributed by atoms with Crippen LogP contribution >= 0.6 is 0 Å². The minimum atomic E-state index is -1.43. The number of carbonyl (C=O) groups excluding carboxylic acids is 3. The first kappa shape index (κ1) is 14.7. The van der Waals surface area contributed by atoms with Crippen LogP contribution in [-0.4, -0.2) is 24.4 Å². The van der Waals surface area contributed by atoms with Gasteiger partial charge in [-0.05, 0) is 12.0 Å². The van der Waals surface area contributed by atoms with E-state index in [4.69, 9.17) is 4.74 Å². The fourth-order valence-corrected chi connectivity index (χ4v) is 1.42. The van der Waals surface area contributed by atoms with Crippen molar-refractivity contribution in [3.05, 3.63) is 35.9 Å². The zero-order valence-corrected chi connectivity index (χ0v) is 10.2. The highest BCUT2D eigenvalue weighted by Gasteiger charge is 2.12. The number of carboxylic acid groups (broad SMARTS) is 1. The Labute approximate surface area is 110 Å². The smallest absolute Gasteiger partial charge is 0.306 e. The Kier molecular flexibility index (Phi) is 6.08. The SMILES string of the molecule is O=CN[C@@H](CCC(=O)OCc1ccccc1)C(=O)[O-]. The summed E-state index contributed by atoms with van der Waals surface area (Å²) < 4.78 is 4.97. The summed E-state index contributed by atoms with van der Waals surface area (Å²) in [4.78, 5) is 32.1. The molecule has 0 radical (unpaired) electrons. The minimum absolute atomic E-state index is 0.0608. The average Bonchev–Trinajstić information content (AvgIpc) is 2.42. The number of benzene rings is 1. The Morgan fingerprint density at radius 2 is 2.00 bits per heavy atom. The molecule has 6 heteroatoms. The van der Waals surface area contributed by atoms with Crippen LogP contribution in [0.3, 0.4) is 0 Å². The molecular formula is C13H14NO5-. The van der Waals surface area contributed by atoms with Crippen molar-refractivity contribution in [3.63, 3.8) is 0 Å². The van der Waals surface area contributed by atoms with Gasteiger partial charge in [0.25, 0.3) is 0 Å². The van der Waals surface area contributed by atoms with Gasteiger partial charge in [-0.3, -0.25) is 9.59 Å². The monoisotopic (exact) mass is 264 g/mol. The number of hydrogen-bond donors (Lipinski definition) is 1. The Hall–Kier alpha value is -2.37. The summed E-state index contributed by atoms with van der Waals surface area (Å²) in [6.45, 7) is 0.136. The number of aliphatic carboxylic acids is 1. The number of rotatable bonds is 8. The zero-order chi connectivity index (χ0) is 14.1. The van der Waals surface area contributed by atoms with Crippen LogP contribution < -0.4 is 10.4 Å². The standard InChI is InChI=1S/C13H15NO5/c15-9-14-11(13(17)18)6-7-12(16)19-8-10-4-2-1-3-5-10/h1-5,9,11H,6-8H2,(H,14,15)(H,17,18)/p-1/t11-/m0/s1. The maximum Gasteiger partial charge on any atom is 0.306 e. The minimum Gasteiger partial charge on any atom is -0.548 e. The van der Waals surface area contributed by atoms with Crippen LogP contribution in [0.25, 0.3) is 0 Å². The normalized spacial score (nSPS) is 11.4. The van der Waals surface area contributed by atoms with Crippen LogP contribution in [0.2, 0.25) is 0 Å². The number of nitrogens with one attached hydrogen (secondary N) is 1. The number of amides is 1. The molecule has 0 bridgehead atoms. The summed E-state index contributed by atoms with van der Waals surface area (Å²) >= 11 is 0. The number of esters is 1. The molecule has 0 spiro atoms. The van der Waals surface area contributed by atoms with Gasteiger partial charge in [-0.15, -0.1) is 0 Å². The van der Waals surface area contributed by atoms with Crippen molar-refractivity contribution in [2.24, 2.45) is 0 Å². The van der Waals surface area contributed by atoms with Gasteiger partial charge >= 0.3 is 5.97 Å². The van der Waals surface area contributed by atoms with Crippen molar-refractivity contribution in [1.82, 2.24) is 5.32 Å². The average molecular weight is 264 g/mol. The fourth-order valence-electron chi connectivity index (χ4n) is 1.42. The molecule has 0 aliphatic heterocycles.